The van der Waals surface area contributed by atoms with Gasteiger partial charge in [0.1, 0.15) is 10.6 Å². The molecule has 0 bridgehead atoms. The summed E-state index contributed by atoms with van der Waals surface area (Å²) in [5, 5.41) is 5.33. The number of benzene rings is 1. The number of hydrogen-bond donors (Lipinski definition) is 1. The molecule has 7 heteroatoms. The number of thiophene rings is 2. The topological polar surface area (TPSA) is 55.0 Å². The monoisotopic (exact) mass is 400 g/mol. The third-order valence-corrected chi connectivity index (χ3v) is 6.40. The van der Waals surface area contributed by atoms with Crippen LogP contribution >= 0.6 is 34.4 Å². The molecule has 4 nitrogen and oxygen atoms in total. The molecule has 4 aromatic rings. The van der Waals surface area contributed by atoms with Gasteiger partial charge in [0.15, 0.2) is 5.16 Å². The van der Waals surface area contributed by atoms with Gasteiger partial charge in [-0.2, -0.15) is 0 Å². The van der Waals surface area contributed by atoms with Crippen molar-refractivity contribution < 1.29 is 4.74 Å². The molecule has 1 N–H and O–H groups in total. The number of aromatic nitrogens is 2. The van der Waals surface area contributed by atoms with Crippen molar-refractivity contribution >= 4 is 44.7 Å². The van der Waals surface area contributed by atoms with Crippen molar-refractivity contribution in [3.8, 4) is 16.2 Å². The Morgan fingerprint density at radius 1 is 1.23 bits per heavy atom. The van der Waals surface area contributed by atoms with Crippen molar-refractivity contribution in [3.05, 3.63) is 63.1 Å². The van der Waals surface area contributed by atoms with E-state index in [4.69, 9.17) is 4.74 Å². The summed E-state index contributed by atoms with van der Waals surface area (Å²) in [6.45, 7) is 2.59. The highest BCUT2D eigenvalue weighted by molar-refractivity contribution is 7.99. The van der Waals surface area contributed by atoms with Gasteiger partial charge in [-0.3, -0.25) is 4.79 Å². The number of hydrogen-bond acceptors (Lipinski definition) is 6. The van der Waals surface area contributed by atoms with Gasteiger partial charge in [0.05, 0.1) is 12.0 Å². The zero-order valence-electron chi connectivity index (χ0n) is 14.0. The molecule has 0 atom stereocenters. The number of aromatic amines is 1. The van der Waals surface area contributed by atoms with Crippen LogP contribution in [0.4, 0.5) is 0 Å². The van der Waals surface area contributed by atoms with E-state index >= 15 is 0 Å². The largest absolute Gasteiger partial charge is 0.493 e. The number of aryl methyl sites for hydroxylation is 1. The van der Waals surface area contributed by atoms with Crippen molar-refractivity contribution in [1.29, 1.82) is 0 Å². The molecule has 0 fully saturated rings. The third kappa shape index (κ3) is 3.70. The van der Waals surface area contributed by atoms with Crippen LogP contribution in [-0.2, 0) is 0 Å². The van der Waals surface area contributed by atoms with E-state index in [0.717, 1.165) is 21.0 Å². The number of ether oxygens (including phenoxy) is 1. The molecule has 3 aromatic heterocycles. The van der Waals surface area contributed by atoms with Crippen LogP contribution in [0, 0.1) is 6.92 Å². The quantitative estimate of drug-likeness (QED) is 0.275. The van der Waals surface area contributed by atoms with Crippen LogP contribution in [0.1, 0.15) is 5.56 Å². The number of H-pyrrole nitrogens is 1. The maximum atomic E-state index is 12.5. The molecule has 132 valence electrons. The first kappa shape index (κ1) is 17.3. The summed E-state index contributed by atoms with van der Waals surface area (Å²) in [5.74, 6) is 1.58. The van der Waals surface area contributed by atoms with Gasteiger partial charge in [0.2, 0.25) is 0 Å². The average molecular weight is 401 g/mol. The molecular formula is C19H16N2O2S3. The van der Waals surface area contributed by atoms with Gasteiger partial charge < -0.3 is 9.72 Å². The number of nitrogens with one attached hydrogen (secondary N) is 1. The Hall–Kier alpha value is -2.09. The van der Waals surface area contributed by atoms with Crippen LogP contribution in [0.15, 0.2) is 57.1 Å². The summed E-state index contributed by atoms with van der Waals surface area (Å²) >= 11 is 4.63. The first-order valence-electron chi connectivity index (χ1n) is 8.08. The molecule has 0 aliphatic carbocycles. The third-order valence-electron chi connectivity index (χ3n) is 3.79. The second kappa shape index (κ2) is 7.65. The van der Waals surface area contributed by atoms with E-state index in [0.29, 0.717) is 22.9 Å². The van der Waals surface area contributed by atoms with Crippen molar-refractivity contribution in [3.63, 3.8) is 0 Å². The van der Waals surface area contributed by atoms with E-state index in [-0.39, 0.29) is 5.56 Å². The van der Waals surface area contributed by atoms with E-state index in [1.807, 2.05) is 54.1 Å². The predicted octanol–water partition coefficient (Wildman–Crippen LogP) is 5.19. The Morgan fingerprint density at radius 3 is 2.96 bits per heavy atom. The second-order valence-corrected chi connectivity index (χ2v) is 8.58. The lowest BCUT2D eigenvalue weighted by Crippen LogP contribution is -2.09. The van der Waals surface area contributed by atoms with E-state index in [2.05, 4.69) is 9.97 Å². The second-order valence-electron chi connectivity index (χ2n) is 5.69. The summed E-state index contributed by atoms with van der Waals surface area (Å²) in [4.78, 5) is 21.9. The summed E-state index contributed by atoms with van der Waals surface area (Å²) < 4.78 is 5.74. The van der Waals surface area contributed by atoms with Crippen LogP contribution in [0.2, 0.25) is 0 Å². The van der Waals surface area contributed by atoms with Gasteiger partial charge in [-0.25, -0.2) is 4.98 Å². The molecule has 0 saturated carbocycles. The fraction of sp³-hybridized carbons (Fsp3) is 0.158. The van der Waals surface area contributed by atoms with E-state index in [9.17, 15) is 4.79 Å². The fourth-order valence-electron chi connectivity index (χ4n) is 2.61. The first-order chi connectivity index (χ1) is 12.7. The average Bonchev–Trinajstić information content (AvgIpc) is 3.28. The van der Waals surface area contributed by atoms with Crippen molar-refractivity contribution in [2.24, 2.45) is 0 Å². The molecule has 0 aliphatic heterocycles. The van der Waals surface area contributed by atoms with Crippen LogP contribution in [0.25, 0.3) is 20.7 Å². The van der Waals surface area contributed by atoms with E-state index < -0.39 is 0 Å². The van der Waals surface area contributed by atoms with Crippen LogP contribution in [0.5, 0.6) is 5.75 Å². The molecule has 3 heterocycles. The van der Waals surface area contributed by atoms with Gasteiger partial charge in [-0.15, -0.1) is 22.7 Å². The Morgan fingerprint density at radius 2 is 2.15 bits per heavy atom. The number of rotatable bonds is 6. The molecule has 26 heavy (non-hydrogen) atoms. The molecule has 0 spiro atoms. The maximum absolute atomic E-state index is 12.5. The SMILES string of the molecule is Cc1cccc(OCCSc2nc3scc(-c4cccs4)c3c(=O)[nH]2)c1. The molecule has 1 aromatic carbocycles. The summed E-state index contributed by atoms with van der Waals surface area (Å²) in [7, 11) is 0. The summed E-state index contributed by atoms with van der Waals surface area (Å²) in [6, 6.07) is 12.0. The molecule has 4 rings (SSSR count). The summed E-state index contributed by atoms with van der Waals surface area (Å²) in [5.41, 5.74) is 2.06. The first-order valence-corrected chi connectivity index (χ1v) is 10.8. The standard InChI is InChI=1S/C19H16N2O2S3/c1-12-4-2-5-13(10-12)23-7-9-25-19-20-17(22)16-14(11-26-18(16)21-19)15-6-3-8-24-15/h2-6,8,10-11H,7,9H2,1H3,(H,20,21,22). The fourth-order valence-corrected chi connectivity index (χ4v) is 5.11. The lowest BCUT2D eigenvalue weighted by atomic mass is 10.2. The van der Waals surface area contributed by atoms with Crippen LogP contribution < -0.4 is 10.3 Å². The zero-order valence-corrected chi connectivity index (χ0v) is 16.5. The Kier molecular flexibility index (Phi) is 5.10. The van der Waals surface area contributed by atoms with Crippen LogP contribution in [-0.4, -0.2) is 22.3 Å². The smallest absolute Gasteiger partial charge is 0.260 e. The highest BCUT2D eigenvalue weighted by atomic mass is 32.2. The van der Waals surface area contributed by atoms with Crippen molar-refractivity contribution in [2.45, 2.75) is 12.1 Å². The van der Waals surface area contributed by atoms with Gasteiger partial charge in [0, 0.05) is 21.6 Å². The van der Waals surface area contributed by atoms with Crippen molar-refractivity contribution in [2.75, 3.05) is 12.4 Å². The van der Waals surface area contributed by atoms with Gasteiger partial charge >= 0.3 is 0 Å². The minimum Gasteiger partial charge on any atom is -0.493 e. The van der Waals surface area contributed by atoms with Gasteiger partial charge in [-0.1, -0.05) is 30.0 Å². The molecular weight excluding hydrogens is 384 g/mol. The maximum Gasteiger partial charge on any atom is 0.260 e. The van der Waals surface area contributed by atoms with E-state index in [1.54, 1.807) is 11.3 Å². The molecule has 0 unspecified atom stereocenters. The lowest BCUT2D eigenvalue weighted by molar-refractivity contribution is 0.343. The predicted molar refractivity (Wildman–Crippen MR) is 111 cm³/mol. The van der Waals surface area contributed by atoms with Gasteiger partial charge in [0.25, 0.3) is 5.56 Å². The van der Waals surface area contributed by atoms with Gasteiger partial charge in [-0.05, 0) is 36.1 Å². The lowest BCUT2D eigenvalue weighted by Gasteiger charge is -2.06. The van der Waals surface area contributed by atoms with E-state index in [1.165, 1.54) is 28.7 Å². The molecule has 0 saturated heterocycles. The number of fused-ring (bicyclic) bond motifs is 1. The Bertz CT molecular complexity index is 1080. The zero-order chi connectivity index (χ0) is 17.9. The normalized spacial score (nSPS) is 11.1. The minimum atomic E-state index is -0.0817. The number of thioether (sulfide) groups is 1. The Labute approximate surface area is 162 Å². The number of nitrogens with zero attached hydrogens (tertiary/aromatic N) is 1. The highest BCUT2D eigenvalue weighted by Crippen LogP contribution is 2.34. The highest BCUT2D eigenvalue weighted by Gasteiger charge is 2.13. The molecule has 0 radical (unpaired) electrons. The summed E-state index contributed by atoms with van der Waals surface area (Å²) in [6.07, 6.45) is 0. The van der Waals surface area contributed by atoms with Crippen LogP contribution in [0.3, 0.4) is 0 Å². The minimum absolute atomic E-state index is 0.0817. The molecule has 0 amide bonds. The molecule has 0 aliphatic rings. The van der Waals surface area contributed by atoms with Crippen molar-refractivity contribution in [1.82, 2.24) is 9.97 Å². The Balaban J connectivity index is 1.45.